The van der Waals surface area contributed by atoms with Crippen molar-refractivity contribution in [1.82, 2.24) is 4.90 Å². The van der Waals surface area contributed by atoms with Gasteiger partial charge in [0.1, 0.15) is 0 Å². The Morgan fingerprint density at radius 3 is 2.54 bits per heavy atom. The molecule has 0 aromatic heterocycles. The van der Waals surface area contributed by atoms with Crippen LogP contribution in [0, 0.1) is 5.92 Å². The number of sulfonamides is 1. The van der Waals surface area contributed by atoms with Gasteiger partial charge in [-0.1, -0.05) is 19.1 Å². The van der Waals surface area contributed by atoms with Gasteiger partial charge in [-0.25, -0.2) is 8.42 Å². The van der Waals surface area contributed by atoms with Crippen LogP contribution in [0.3, 0.4) is 0 Å². The van der Waals surface area contributed by atoms with Crippen LogP contribution in [0.2, 0.25) is 0 Å². The second-order valence-electron chi connectivity index (χ2n) is 6.70. The standard InChI is InChI=1S/C18H24N2O3S/c1-15-4-2-11-19(14-15)18(21)10-7-16-5-8-17(9-6-16)20-12-3-13-24(20,22)23/h5-10,15H,2-4,11-14H2,1H3/b10-7+. The van der Waals surface area contributed by atoms with Crippen molar-refractivity contribution in [2.45, 2.75) is 26.2 Å². The highest BCUT2D eigenvalue weighted by Gasteiger charge is 2.28. The van der Waals surface area contributed by atoms with Crippen LogP contribution in [-0.4, -0.2) is 44.6 Å². The van der Waals surface area contributed by atoms with E-state index in [1.807, 2.05) is 17.0 Å². The molecule has 5 nitrogen and oxygen atoms in total. The van der Waals surface area contributed by atoms with Gasteiger partial charge in [-0.15, -0.1) is 0 Å². The summed E-state index contributed by atoms with van der Waals surface area (Å²) in [4.78, 5) is 14.1. The number of hydrogen-bond acceptors (Lipinski definition) is 3. The zero-order chi connectivity index (χ0) is 17.2. The number of carbonyl (C=O) groups excluding carboxylic acids is 1. The summed E-state index contributed by atoms with van der Waals surface area (Å²) in [6, 6.07) is 7.31. The monoisotopic (exact) mass is 348 g/mol. The van der Waals surface area contributed by atoms with Gasteiger partial charge in [0, 0.05) is 25.7 Å². The second kappa shape index (κ2) is 6.97. The molecule has 2 saturated heterocycles. The van der Waals surface area contributed by atoms with E-state index in [1.165, 1.54) is 10.7 Å². The summed E-state index contributed by atoms with van der Waals surface area (Å²) in [5.41, 5.74) is 1.59. The van der Waals surface area contributed by atoms with E-state index in [2.05, 4.69) is 6.92 Å². The number of nitrogens with zero attached hydrogens (tertiary/aromatic N) is 2. The molecule has 1 aromatic rings. The predicted octanol–water partition coefficient (Wildman–Crippen LogP) is 2.50. The molecule has 0 saturated carbocycles. The number of amides is 1. The Morgan fingerprint density at radius 1 is 1.17 bits per heavy atom. The fourth-order valence-electron chi connectivity index (χ4n) is 3.34. The van der Waals surface area contributed by atoms with Crippen molar-refractivity contribution < 1.29 is 13.2 Å². The molecule has 0 radical (unpaired) electrons. The summed E-state index contributed by atoms with van der Waals surface area (Å²) in [6.07, 6.45) is 6.34. The average molecular weight is 348 g/mol. The summed E-state index contributed by atoms with van der Waals surface area (Å²) < 4.78 is 25.3. The molecule has 1 unspecified atom stereocenters. The molecule has 1 amide bonds. The zero-order valence-corrected chi connectivity index (χ0v) is 14.8. The minimum Gasteiger partial charge on any atom is -0.339 e. The van der Waals surface area contributed by atoms with Crippen molar-refractivity contribution in [3.05, 3.63) is 35.9 Å². The summed E-state index contributed by atoms with van der Waals surface area (Å²) in [5, 5.41) is 0. The van der Waals surface area contributed by atoms with Crippen LogP contribution in [0.5, 0.6) is 0 Å². The normalized spacial score (nSPS) is 23.8. The molecular formula is C18H24N2O3S. The van der Waals surface area contributed by atoms with Crippen LogP contribution in [0.15, 0.2) is 30.3 Å². The number of hydrogen-bond donors (Lipinski definition) is 0. The molecule has 3 rings (SSSR count). The number of carbonyl (C=O) groups is 1. The third kappa shape index (κ3) is 3.80. The first-order valence-corrected chi connectivity index (χ1v) is 10.1. The Morgan fingerprint density at radius 2 is 1.92 bits per heavy atom. The first-order chi connectivity index (χ1) is 11.5. The molecule has 1 aromatic carbocycles. The molecule has 0 N–H and O–H groups in total. The average Bonchev–Trinajstić information content (AvgIpc) is 2.92. The van der Waals surface area contributed by atoms with E-state index in [0.29, 0.717) is 24.6 Å². The molecule has 2 heterocycles. The SMILES string of the molecule is CC1CCCN(C(=O)/C=C/c2ccc(N3CCCS3(=O)=O)cc2)C1. The zero-order valence-electron chi connectivity index (χ0n) is 14.0. The van der Waals surface area contributed by atoms with Gasteiger partial charge >= 0.3 is 0 Å². The van der Waals surface area contributed by atoms with Gasteiger partial charge < -0.3 is 4.90 Å². The van der Waals surface area contributed by atoms with E-state index in [0.717, 1.165) is 25.1 Å². The molecule has 2 aliphatic rings. The van der Waals surface area contributed by atoms with Crippen molar-refractivity contribution in [2.24, 2.45) is 5.92 Å². The molecule has 2 aliphatic heterocycles. The molecule has 0 bridgehead atoms. The third-order valence-corrected chi connectivity index (χ3v) is 6.54. The van der Waals surface area contributed by atoms with Crippen molar-refractivity contribution in [2.75, 3.05) is 29.7 Å². The van der Waals surface area contributed by atoms with Crippen molar-refractivity contribution >= 4 is 27.7 Å². The van der Waals surface area contributed by atoms with Crippen LogP contribution in [0.25, 0.3) is 6.08 Å². The molecule has 2 fully saturated rings. The van der Waals surface area contributed by atoms with E-state index in [1.54, 1.807) is 24.3 Å². The molecular weight excluding hydrogens is 324 g/mol. The number of benzene rings is 1. The van der Waals surface area contributed by atoms with Crippen LogP contribution < -0.4 is 4.31 Å². The summed E-state index contributed by atoms with van der Waals surface area (Å²) >= 11 is 0. The van der Waals surface area contributed by atoms with Gasteiger partial charge in [0.25, 0.3) is 0 Å². The fourth-order valence-corrected chi connectivity index (χ4v) is 4.91. The highest BCUT2D eigenvalue weighted by molar-refractivity contribution is 7.93. The molecule has 130 valence electrons. The van der Waals surface area contributed by atoms with Crippen LogP contribution in [0.4, 0.5) is 5.69 Å². The van der Waals surface area contributed by atoms with E-state index in [4.69, 9.17) is 0 Å². The summed E-state index contributed by atoms with van der Waals surface area (Å²) in [6.45, 7) is 4.38. The van der Waals surface area contributed by atoms with Crippen LogP contribution in [0.1, 0.15) is 31.7 Å². The molecule has 0 spiro atoms. The lowest BCUT2D eigenvalue weighted by atomic mass is 10.0. The van der Waals surface area contributed by atoms with Crippen molar-refractivity contribution in [1.29, 1.82) is 0 Å². The second-order valence-corrected chi connectivity index (χ2v) is 8.71. The molecule has 0 aliphatic carbocycles. The fraction of sp³-hybridized carbons (Fsp3) is 0.500. The van der Waals surface area contributed by atoms with Gasteiger partial charge in [0.15, 0.2) is 0 Å². The summed E-state index contributed by atoms with van der Waals surface area (Å²) in [7, 11) is -3.14. The molecule has 24 heavy (non-hydrogen) atoms. The van der Waals surface area contributed by atoms with Crippen LogP contribution in [-0.2, 0) is 14.8 Å². The quantitative estimate of drug-likeness (QED) is 0.789. The Balaban J connectivity index is 1.64. The molecule has 6 heteroatoms. The highest BCUT2D eigenvalue weighted by atomic mass is 32.2. The lowest BCUT2D eigenvalue weighted by molar-refractivity contribution is -0.127. The van der Waals surface area contributed by atoms with Gasteiger partial charge in [-0.05, 0) is 49.0 Å². The molecule has 1 atom stereocenters. The Kier molecular flexibility index (Phi) is 4.94. The van der Waals surface area contributed by atoms with Gasteiger partial charge in [-0.2, -0.15) is 0 Å². The predicted molar refractivity (Wildman–Crippen MR) is 96.2 cm³/mol. The third-order valence-electron chi connectivity index (χ3n) is 4.67. The van der Waals surface area contributed by atoms with Crippen LogP contribution >= 0.6 is 0 Å². The van der Waals surface area contributed by atoms with Crippen molar-refractivity contribution in [3.8, 4) is 0 Å². The van der Waals surface area contributed by atoms with Gasteiger partial charge in [0.2, 0.25) is 15.9 Å². The van der Waals surface area contributed by atoms with E-state index >= 15 is 0 Å². The smallest absolute Gasteiger partial charge is 0.246 e. The van der Waals surface area contributed by atoms with E-state index in [9.17, 15) is 13.2 Å². The number of likely N-dealkylation sites (tertiary alicyclic amines) is 1. The summed E-state index contributed by atoms with van der Waals surface area (Å²) in [5.74, 6) is 0.836. The maximum atomic E-state index is 12.2. The van der Waals surface area contributed by atoms with Gasteiger partial charge in [-0.3, -0.25) is 9.10 Å². The van der Waals surface area contributed by atoms with Gasteiger partial charge in [0.05, 0.1) is 11.4 Å². The number of anilines is 1. The largest absolute Gasteiger partial charge is 0.339 e. The Labute approximate surface area is 144 Å². The number of piperidine rings is 1. The number of rotatable bonds is 3. The maximum Gasteiger partial charge on any atom is 0.246 e. The lowest BCUT2D eigenvalue weighted by Gasteiger charge is -2.30. The minimum atomic E-state index is -3.14. The first kappa shape index (κ1) is 17.0. The highest BCUT2D eigenvalue weighted by Crippen LogP contribution is 2.24. The van der Waals surface area contributed by atoms with E-state index < -0.39 is 10.0 Å². The van der Waals surface area contributed by atoms with E-state index in [-0.39, 0.29) is 11.7 Å². The Bertz CT molecular complexity index is 725. The maximum absolute atomic E-state index is 12.2. The van der Waals surface area contributed by atoms with Crippen molar-refractivity contribution in [3.63, 3.8) is 0 Å². The first-order valence-electron chi connectivity index (χ1n) is 8.53. The topological polar surface area (TPSA) is 57.7 Å². The Hall–Kier alpha value is -1.82. The minimum absolute atomic E-state index is 0.0488. The lowest BCUT2D eigenvalue weighted by Crippen LogP contribution is -2.38.